The maximum atomic E-state index is 12.4. The van der Waals surface area contributed by atoms with Crippen molar-refractivity contribution in [3.05, 3.63) is 56.6 Å². The lowest BCUT2D eigenvalue weighted by molar-refractivity contribution is -0.384. The first-order chi connectivity index (χ1) is 12.3. The van der Waals surface area contributed by atoms with Crippen LogP contribution >= 0.6 is 46.3 Å². The van der Waals surface area contributed by atoms with Crippen molar-refractivity contribution < 1.29 is 9.72 Å². The smallest absolute Gasteiger partial charge is 0.271 e. The van der Waals surface area contributed by atoms with Crippen LogP contribution in [-0.4, -0.2) is 21.1 Å². The number of hydrogen-bond acceptors (Lipinski definition) is 6. The summed E-state index contributed by atoms with van der Waals surface area (Å²) in [6, 6.07) is 9.33. The SMILES string of the molecule is CC(Sc1nc2cc(Cl)ccc2s1)C(=O)Nc1cc([N+](=O)[O-])ccc1Cl. The van der Waals surface area contributed by atoms with Crippen molar-refractivity contribution in [2.24, 2.45) is 0 Å². The van der Waals surface area contributed by atoms with E-state index in [4.69, 9.17) is 23.2 Å². The molecule has 3 rings (SSSR count). The van der Waals surface area contributed by atoms with E-state index in [1.54, 1.807) is 19.1 Å². The summed E-state index contributed by atoms with van der Waals surface area (Å²) in [5.41, 5.74) is 0.835. The summed E-state index contributed by atoms with van der Waals surface area (Å²) in [7, 11) is 0. The van der Waals surface area contributed by atoms with Crippen molar-refractivity contribution in [1.82, 2.24) is 4.98 Å². The van der Waals surface area contributed by atoms with Crippen molar-refractivity contribution in [3.8, 4) is 0 Å². The maximum absolute atomic E-state index is 12.4. The van der Waals surface area contributed by atoms with Crippen LogP contribution in [-0.2, 0) is 4.79 Å². The second-order valence-corrected chi connectivity index (χ2v) is 8.72. The highest BCUT2D eigenvalue weighted by atomic mass is 35.5. The number of nitro groups is 1. The van der Waals surface area contributed by atoms with Crippen molar-refractivity contribution >= 4 is 73.8 Å². The normalized spacial score (nSPS) is 12.1. The van der Waals surface area contributed by atoms with Gasteiger partial charge in [0.05, 0.1) is 31.1 Å². The molecule has 10 heteroatoms. The van der Waals surface area contributed by atoms with Crippen molar-refractivity contribution in [2.45, 2.75) is 16.5 Å². The predicted molar refractivity (Wildman–Crippen MR) is 107 cm³/mol. The number of rotatable bonds is 5. The molecule has 3 aromatic rings. The number of carbonyl (C=O) groups excluding carboxylic acids is 1. The average molecular weight is 428 g/mol. The number of aromatic nitrogens is 1. The highest BCUT2D eigenvalue weighted by Gasteiger charge is 2.19. The van der Waals surface area contributed by atoms with E-state index in [1.165, 1.54) is 41.3 Å². The first-order valence-electron chi connectivity index (χ1n) is 7.31. The van der Waals surface area contributed by atoms with Gasteiger partial charge in [-0.1, -0.05) is 35.0 Å². The first kappa shape index (κ1) is 18.9. The Hall–Kier alpha value is -1.87. The summed E-state index contributed by atoms with van der Waals surface area (Å²) in [6.07, 6.45) is 0. The molecule has 0 saturated carbocycles. The molecule has 1 unspecified atom stereocenters. The van der Waals surface area contributed by atoms with Gasteiger partial charge in [-0.15, -0.1) is 11.3 Å². The molecule has 1 aromatic heterocycles. The molecule has 1 N–H and O–H groups in total. The van der Waals surface area contributed by atoms with E-state index in [2.05, 4.69) is 10.3 Å². The van der Waals surface area contributed by atoms with Crippen molar-refractivity contribution in [3.63, 3.8) is 0 Å². The molecular formula is C16H11Cl2N3O3S2. The molecule has 0 spiro atoms. The number of benzene rings is 2. The zero-order valence-electron chi connectivity index (χ0n) is 13.2. The van der Waals surface area contributed by atoms with E-state index in [-0.39, 0.29) is 22.3 Å². The molecule has 0 bridgehead atoms. The van der Waals surface area contributed by atoms with E-state index >= 15 is 0 Å². The zero-order chi connectivity index (χ0) is 18.8. The van der Waals surface area contributed by atoms with Gasteiger partial charge in [0.1, 0.15) is 0 Å². The van der Waals surface area contributed by atoms with E-state index in [0.717, 1.165) is 14.6 Å². The third kappa shape index (κ3) is 4.27. The molecule has 134 valence electrons. The maximum Gasteiger partial charge on any atom is 0.271 e. The molecule has 0 saturated heterocycles. The third-order valence-corrected chi connectivity index (χ3v) is 6.19. The minimum atomic E-state index is -0.545. The van der Waals surface area contributed by atoms with E-state index in [0.29, 0.717) is 5.02 Å². The topological polar surface area (TPSA) is 85.1 Å². The molecule has 0 aliphatic heterocycles. The van der Waals surface area contributed by atoms with Crippen molar-refractivity contribution in [1.29, 1.82) is 0 Å². The van der Waals surface area contributed by atoms with Gasteiger partial charge in [-0.2, -0.15) is 0 Å². The van der Waals surface area contributed by atoms with Gasteiger partial charge in [-0.05, 0) is 31.2 Å². The summed E-state index contributed by atoms with van der Waals surface area (Å²) >= 11 is 14.7. The summed E-state index contributed by atoms with van der Waals surface area (Å²) in [4.78, 5) is 27.2. The van der Waals surface area contributed by atoms with Crippen LogP contribution in [0.15, 0.2) is 40.7 Å². The van der Waals surface area contributed by atoms with Gasteiger partial charge in [0, 0.05) is 17.2 Å². The number of thiazole rings is 1. The molecule has 1 heterocycles. The lowest BCUT2D eigenvalue weighted by Crippen LogP contribution is -2.22. The lowest BCUT2D eigenvalue weighted by Gasteiger charge is -2.11. The summed E-state index contributed by atoms with van der Waals surface area (Å²) < 4.78 is 1.71. The molecule has 2 aromatic carbocycles. The summed E-state index contributed by atoms with van der Waals surface area (Å²) in [5.74, 6) is -0.324. The summed E-state index contributed by atoms with van der Waals surface area (Å²) in [6.45, 7) is 1.73. The minimum absolute atomic E-state index is 0.145. The highest BCUT2D eigenvalue weighted by molar-refractivity contribution is 8.02. The number of thioether (sulfide) groups is 1. The number of nitro benzene ring substituents is 1. The van der Waals surface area contributed by atoms with Gasteiger partial charge in [-0.3, -0.25) is 14.9 Å². The fourth-order valence-electron chi connectivity index (χ4n) is 2.09. The fraction of sp³-hybridized carbons (Fsp3) is 0.125. The van der Waals surface area contributed by atoms with Crippen LogP contribution in [0.4, 0.5) is 11.4 Å². The van der Waals surface area contributed by atoms with Gasteiger partial charge in [0.25, 0.3) is 5.69 Å². The molecule has 6 nitrogen and oxygen atoms in total. The largest absolute Gasteiger partial charge is 0.324 e. The molecule has 0 aliphatic carbocycles. The van der Waals surface area contributed by atoms with E-state index < -0.39 is 10.2 Å². The Balaban J connectivity index is 1.73. The number of non-ortho nitro benzene ring substituents is 1. The second-order valence-electron chi connectivity index (χ2n) is 5.26. The molecule has 1 amide bonds. The Morgan fingerprint density at radius 1 is 1.31 bits per heavy atom. The Bertz CT molecular complexity index is 1010. The second kappa shape index (κ2) is 7.79. The number of carbonyl (C=O) groups is 1. The number of hydrogen-bond donors (Lipinski definition) is 1. The number of halogens is 2. The molecule has 0 radical (unpaired) electrons. The van der Waals surface area contributed by atoms with Gasteiger partial charge in [0.2, 0.25) is 5.91 Å². The van der Waals surface area contributed by atoms with Crippen LogP contribution in [0.25, 0.3) is 10.2 Å². The minimum Gasteiger partial charge on any atom is -0.324 e. The average Bonchev–Trinajstić information content (AvgIpc) is 2.97. The number of anilines is 1. The zero-order valence-corrected chi connectivity index (χ0v) is 16.4. The van der Waals surface area contributed by atoms with Crippen LogP contribution < -0.4 is 5.32 Å². The highest BCUT2D eigenvalue weighted by Crippen LogP contribution is 2.34. The van der Waals surface area contributed by atoms with Crippen LogP contribution in [0.5, 0.6) is 0 Å². The number of nitrogens with one attached hydrogen (secondary N) is 1. The lowest BCUT2D eigenvalue weighted by atomic mass is 10.2. The number of amides is 1. The molecule has 0 aliphatic rings. The van der Waals surface area contributed by atoms with E-state index in [1.807, 2.05) is 6.07 Å². The summed E-state index contributed by atoms with van der Waals surface area (Å²) in [5, 5.41) is 13.9. The standard InChI is InChI=1S/C16H11Cl2N3O3S2/c1-8(25-16-20-13-6-9(17)2-5-14(13)26-16)15(22)19-12-7-10(21(23)24)3-4-11(12)18/h2-8H,1H3,(H,19,22). The van der Waals surface area contributed by atoms with Crippen LogP contribution in [0.3, 0.4) is 0 Å². The van der Waals surface area contributed by atoms with Gasteiger partial charge < -0.3 is 5.32 Å². The van der Waals surface area contributed by atoms with Crippen LogP contribution in [0, 0.1) is 10.1 Å². The Morgan fingerprint density at radius 3 is 2.81 bits per heavy atom. The van der Waals surface area contributed by atoms with E-state index in [9.17, 15) is 14.9 Å². The number of fused-ring (bicyclic) bond motifs is 1. The van der Waals surface area contributed by atoms with Crippen LogP contribution in [0.1, 0.15) is 6.92 Å². The molecule has 0 fully saturated rings. The monoisotopic (exact) mass is 427 g/mol. The van der Waals surface area contributed by atoms with Crippen molar-refractivity contribution in [2.75, 3.05) is 5.32 Å². The Labute approximate surface area is 166 Å². The third-order valence-electron chi connectivity index (χ3n) is 3.40. The number of nitrogens with zero attached hydrogens (tertiary/aromatic N) is 2. The van der Waals surface area contributed by atoms with Crippen LogP contribution in [0.2, 0.25) is 10.0 Å². The van der Waals surface area contributed by atoms with Gasteiger partial charge in [0.15, 0.2) is 4.34 Å². The fourth-order valence-corrected chi connectivity index (χ4v) is 4.61. The quantitative estimate of drug-likeness (QED) is 0.323. The van der Waals surface area contributed by atoms with Gasteiger partial charge >= 0.3 is 0 Å². The first-order valence-corrected chi connectivity index (χ1v) is 9.76. The predicted octanol–water partition coefficient (Wildman–Crippen LogP) is 5.63. The Morgan fingerprint density at radius 2 is 2.08 bits per heavy atom. The molecular weight excluding hydrogens is 417 g/mol. The molecule has 26 heavy (non-hydrogen) atoms. The van der Waals surface area contributed by atoms with Gasteiger partial charge in [-0.25, -0.2) is 4.98 Å². The molecule has 1 atom stereocenters. The Kier molecular flexibility index (Phi) is 5.67.